The number of benzene rings is 6. The highest BCUT2D eigenvalue weighted by atomic mass is 16.3. The Morgan fingerprint density at radius 2 is 1.23 bits per heavy atom. The van der Waals surface area contributed by atoms with E-state index >= 15 is 0 Å². The van der Waals surface area contributed by atoms with E-state index in [0.717, 1.165) is 21.9 Å². The van der Waals surface area contributed by atoms with Crippen LogP contribution in [-0.2, 0) is 0 Å². The number of aryl methyl sites for hydroxylation is 1. The Hall–Kier alpha value is -5.08. The molecule has 6 aromatic carbocycles. The van der Waals surface area contributed by atoms with Crippen LogP contribution in [0.1, 0.15) is 5.56 Å². The number of fused-ring (bicyclic) bond motifs is 6. The van der Waals surface area contributed by atoms with Gasteiger partial charge >= 0.3 is 0 Å². The summed E-state index contributed by atoms with van der Waals surface area (Å²) >= 11 is 0. The molecule has 0 aliphatic heterocycles. The Kier molecular flexibility index (Phi) is 4.77. The van der Waals surface area contributed by atoms with Gasteiger partial charge < -0.3 is 8.98 Å². The van der Waals surface area contributed by atoms with Crippen molar-refractivity contribution in [1.29, 1.82) is 0 Å². The van der Waals surface area contributed by atoms with Crippen LogP contribution < -0.4 is 0 Å². The van der Waals surface area contributed by atoms with Gasteiger partial charge in [-0.25, -0.2) is 0 Å². The SMILES string of the molecule is Cc1ccc(-n2c3ccccc3c3ccc(-c4cccc5oc6ccccc6c45)cc32)c(-c2ccccc2)c1. The van der Waals surface area contributed by atoms with Gasteiger partial charge in [0, 0.05) is 27.1 Å². The quantitative estimate of drug-likeness (QED) is 0.236. The Labute approximate surface area is 226 Å². The van der Waals surface area contributed by atoms with E-state index in [-0.39, 0.29) is 0 Å². The van der Waals surface area contributed by atoms with Gasteiger partial charge in [-0.05, 0) is 60.0 Å². The van der Waals surface area contributed by atoms with Crippen molar-refractivity contribution in [3.8, 4) is 27.9 Å². The molecule has 0 amide bonds. The van der Waals surface area contributed by atoms with E-state index in [2.05, 4.69) is 133 Å². The zero-order valence-corrected chi connectivity index (χ0v) is 21.6. The summed E-state index contributed by atoms with van der Waals surface area (Å²) in [5.41, 5.74) is 11.5. The average Bonchev–Trinajstić information content (AvgIpc) is 3.53. The summed E-state index contributed by atoms with van der Waals surface area (Å²) in [7, 11) is 0. The maximum Gasteiger partial charge on any atom is 0.136 e. The summed E-state index contributed by atoms with van der Waals surface area (Å²) in [5, 5.41) is 4.81. The second-order valence-electron chi connectivity index (χ2n) is 10.2. The largest absolute Gasteiger partial charge is 0.456 e. The first-order valence-corrected chi connectivity index (χ1v) is 13.4. The first kappa shape index (κ1) is 22.0. The highest BCUT2D eigenvalue weighted by Crippen LogP contribution is 2.41. The van der Waals surface area contributed by atoms with Gasteiger partial charge in [0.15, 0.2) is 0 Å². The van der Waals surface area contributed by atoms with Gasteiger partial charge in [-0.2, -0.15) is 0 Å². The van der Waals surface area contributed by atoms with Crippen molar-refractivity contribution in [1.82, 2.24) is 4.57 Å². The second kappa shape index (κ2) is 8.47. The van der Waals surface area contributed by atoms with E-state index in [1.54, 1.807) is 0 Å². The van der Waals surface area contributed by atoms with Gasteiger partial charge in [0.2, 0.25) is 0 Å². The van der Waals surface area contributed by atoms with Crippen LogP contribution in [0.25, 0.3) is 71.7 Å². The molecule has 0 saturated carbocycles. The maximum absolute atomic E-state index is 6.21. The highest BCUT2D eigenvalue weighted by molar-refractivity contribution is 6.15. The molecule has 184 valence electrons. The fraction of sp³-hybridized carbons (Fsp3) is 0.0270. The van der Waals surface area contributed by atoms with E-state index in [1.165, 1.54) is 55.3 Å². The molecule has 8 aromatic rings. The summed E-state index contributed by atoms with van der Waals surface area (Å²) in [6, 6.07) is 47.7. The summed E-state index contributed by atoms with van der Waals surface area (Å²) in [6.45, 7) is 2.16. The molecule has 0 aliphatic rings. The molecular formula is C37H25NO. The van der Waals surface area contributed by atoms with Gasteiger partial charge in [0.1, 0.15) is 11.2 Å². The molecule has 0 spiro atoms. The van der Waals surface area contributed by atoms with Crippen LogP contribution in [0.5, 0.6) is 0 Å². The van der Waals surface area contributed by atoms with Crippen molar-refractivity contribution < 1.29 is 4.42 Å². The molecule has 2 nitrogen and oxygen atoms in total. The minimum atomic E-state index is 0.916. The number of para-hydroxylation sites is 2. The van der Waals surface area contributed by atoms with Gasteiger partial charge in [0.05, 0.1) is 16.7 Å². The standard InChI is InChI=1S/C37H25NO/c1-24-18-21-33(31(22-24)25-10-3-2-4-11-25)38-32-15-7-5-12-28(32)29-20-19-26(23-34(29)38)27-14-9-17-36-37(27)30-13-6-8-16-35(30)39-36/h2-23H,1H3. The van der Waals surface area contributed by atoms with E-state index < -0.39 is 0 Å². The van der Waals surface area contributed by atoms with E-state index in [0.29, 0.717) is 0 Å². The summed E-state index contributed by atoms with van der Waals surface area (Å²) in [6.07, 6.45) is 0. The van der Waals surface area contributed by atoms with Crippen molar-refractivity contribution in [3.63, 3.8) is 0 Å². The second-order valence-corrected chi connectivity index (χ2v) is 10.2. The summed E-state index contributed by atoms with van der Waals surface area (Å²) in [4.78, 5) is 0. The van der Waals surface area contributed by atoms with Crippen LogP contribution in [0.4, 0.5) is 0 Å². The molecule has 0 aliphatic carbocycles. The van der Waals surface area contributed by atoms with Crippen LogP contribution in [0.3, 0.4) is 0 Å². The van der Waals surface area contributed by atoms with E-state index in [4.69, 9.17) is 4.42 Å². The summed E-state index contributed by atoms with van der Waals surface area (Å²) in [5.74, 6) is 0. The van der Waals surface area contributed by atoms with Crippen molar-refractivity contribution in [2.75, 3.05) is 0 Å². The monoisotopic (exact) mass is 499 g/mol. The Morgan fingerprint density at radius 3 is 2.13 bits per heavy atom. The first-order valence-electron chi connectivity index (χ1n) is 13.4. The molecule has 0 saturated heterocycles. The molecular weight excluding hydrogens is 474 g/mol. The smallest absolute Gasteiger partial charge is 0.136 e. The van der Waals surface area contributed by atoms with Crippen molar-refractivity contribution >= 4 is 43.7 Å². The number of nitrogens with zero attached hydrogens (tertiary/aromatic N) is 1. The number of aromatic nitrogens is 1. The topological polar surface area (TPSA) is 18.1 Å². The molecule has 8 rings (SSSR count). The third-order valence-electron chi connectivity index (χ3n) is 7.87. The molecule has 2 heteroatoms. The zero-order valence-electron chi connectivity index (χ0n) is 21.6. The lowest BCUT2D eigenvalue weighted by Gasteiger charge is -2.15. The van der Waals surface area contributed by atoms with E-state index in [9.17, 15) is 0 Å². The molecule has 0 N–H and O–H groups in total. The molecule has 39 heavy (non-hydrogen) atoms. The maximum atomic E-state index is 6.21. The van der Waals surface area contributed by atoms with Crippen LogP contribution in [0, 0.1) is 6.92 Å². The van der Waals surface area contributed by atoms with Crippen molar-refractivity contribution in [3.05, 3.63) is 139 Å². The number of rotatable bonds is 3. The van der Waals surface area contributed by atoms with Crippen molar-refractivity contribution in [2.24, 2.45) is 0 Å². The van der Waals surface area contributed by atoms with Crippen LogP contribution in [0.15, 0.2) is 138 Å². The van der Waals surface area contributed by atoms with Crippen molar-refractivity contribution in [2.45, 2.75) is 6.92 Å². The molecule has 2 aromatic heterocycles. The average molecular weight is 500 g/mol. The Bertz CT molecular complexity index is 2180. The lowest BCUT2D eigenvalue weighted by molar-refractivity contribution is 0.669. The van der Waals surface area contributed by atoms with Gasteiger partial charge in [-0.1, -0.05) is 103 Å². The summed E-state index contributed by atoms with van der Waals surface area (Å²) < 4.78 is 8.65. The van der Waals surface area contributed by atoms with Crippen LogP contribution in [-0.4, -0.2) is 4.57 Å². The number of furan rings is 1. The minimum absolute atomic E-state index is 0.916. The lowest BCUT2D eigenvalue weighted by atomic mass is 9.98. The van der Waals surface area contributed by atoms with Gasteiger partial charge in [-0.3, -0.25) is 0 Å². The zero-order chi connectivity index (χ0) is 25.9. The minimum Gasteiger partial charge on any atom is -0.456 e. The molecule has 0 bridgehead atoms. The predicted octanol–water partition coefficient (Wildman–Crippen LogP) is 10.3. The first-order chi connectivity index (χ1) is 19.3. The molecule has 0 unspecified atom stereocenters. The number of hydrogen-bond donors (Lipinski definition) is 0. The van der Waals surface area contributed by atoms with E-state index in [1.807, 2.05) is 12.1 Å². The van der Waals surface area contributed by atoms with Gasteiger partial charge in [0.25, 0.3) is 0 Å². The molecule has 0 radical (unpaired) electrons. The molecule has 2 heterocycles. The van der Waals surface area contributed by atoms with Crippen LogP contribution >= 0.6 is 0 Å². The fourth-order valence-electron chi connectivity index (χ4n) is 6.11. The number of hydrogen-bond acceptors (Lipinski definition) is 1. The highest BCUT2D eigenvalue weighted by Gasteiger charge is 2.18. The van der Waals surface area contributed by atoms with Crippen LogP contribution in [0.2, 0.25) is 0 Å². The predicted molar refractivity (Wildman–Crippen MR) is 164 cm³/mol. The Balaban J connectivity index is 1.46. The lowest BCUT2D eigenvalue weighted by Crippen LogP contribution is -1.98. The fourth-order valence-corrected chi connectivity index (χ4v) is 6.11. The molecule has 0 atom stereocenters. The third-order valence-corrected chi connectivity index (χ3v) is 7.87. The third kappa shape index (κ3) is 3.35. The normalized spacial score (nSPS) is 11.7. The molecule has 0 fully saturated rings. The van der Waals surface area contributed by atoms with Gasteiger partial charge in [-0.15, -0.1) is 0 Å². The Morgan fingerprint density at radius 1 is 0.487 bits per heavy atom.